The average molecular weight is 262 g/mol. The van der Waals surface area contributed by atoms with Gasteiger partial charge in [0.15, 0.2) is 0 Å². The molecule has 0 aromatic rings. The summed E-state index contributed by atoms with van der Waals surface area (Å²) in [4.78, 5) is 0. The summed E-state index contributed by atoms with van der Waals surface area (Å²) in [6.07, 6.45) is 0. The van der Waals surface area contributed by atoms with Crippen LogP contribution in [0, 0.1) is 0 Å². The van der Waals surface area contributed by atoms with Crippen molar-refractivity contribution in [2.45, 2.75) is 0 Å². The Morgan fingerprint density at radius 1 is 0.800 bits per heavy atom. The molecule has 0 bridgehead atoms. The van der Waals surface area contributed by atoms with E-state index in [0.29, 0.717) is 0 Å². The molecule has 20 valence electrons. The Morgan fingerprint density at radius 2 is 0.800 bits per heavy atom. The van der Waals surface area contributed by atoms with Crippen LogP contribution in [0.1, 0.15) is 0 Å². The minimum absolute atomic E-state index is 0. The van der Waals surface area contributed by atoms with Gasteiger partial charge in [-0.1, -0.05) is 0 Å². The molecule has 0 N–H and O–H groups in total. The molecule has 0 nitrogen and oxygen atoms in total. The Kier molecular flexibility index (Phi) is 186. The van der Waals surface area contributed by atoms with E-state index < -0.39 is 0 Å². The van der Waals surface area contributed by atoms with E-state index in [1.165, 1.54) is 0 Å². The standard InChI is InChI=1S/2Mg.Mn.Y.Zn.4H. The first-order valence-corrected chi connectivity index (χ1v) is 0. The predicted molar refractivity (Wildman–Crippen MR) is 17.1 cm³/mol. The number of hydrogen-bond donors (Lipinski definition) is 0. The van der Waals surface area contributed by atoms with E-state index in [-0.39, 0.29) is 115 Å². The normalized spacial score (nSPS) is 0. The fourth-order valence-corrected chi connectivity index (χ4v) is 0. The number of hydrogen-bond acceptors (Lipinski definition) is 0. The Hall–Kier alpha value is 3.78. The van der Waals surface area contributed by atoms with Gasteiger partial charge in [0, 0.05) is 69.3 Å². The third-order valence-electron chi connectivity index (χ3n) is 0. The van der Waals surface area contributed by atoms with Crippen molar-refractivity contribution in [2.24, 2.45) is 0 Å². The van der Waals surface area contributed by atoms with Gasteiger partial charge >= 0.3 is 46.1 Å². The van der Waals surface area contributed by atoms with Gasteiger partial charge in [-0.25, -0.2) is 0 Å². The first kappa shape index (κ1) is 37.2. The summed E-state index contributed by atoms with van der Waals surface area (Å²) < 4.78 is 0. The third kappa shape index (κ3) is 18.2. The summed E-state index contributed by atoms with van der Waals surface area (Å²) in [5.41, 5.74) is 0. The van der Waals surface area contributed by atoms with Gasteiger partial charge < -0.3 is 0 Å². The Morgan fingerprint density at radius 3 is 0.800 bits per heavy atom. The van der Waals surface area contributed by atoms with Crippen molar-refractivity contribution < 1.29 is 69.3 Å². The van der Waals surface area contributed by atoms with E-state index in [1.807, 2.05) is 0 Å². The van der Waals surface area contributed by atoms with Crippen LogP contribution in [0.3, 0.4) is 0 Å². The van der Waals surface area contributed by atoms with Crippen LogP contribution in [0.2, 0.25) is 0 Å². The molecule has 0 fully saturated rings. The fourth-order valence-electron chi connectivity index (χ4n) is 0. The maximum Gasteiger partial charge on any atom is 0.316 e. The minimum Gasteiger partial charge on any atom is 0 e. The van der Waals surface area contributed by atoms with Crippen LogP contribution < -0.4 is 0 Å². The number of rotatable bonds is 0. The molecule has 0 aromatic carbocycles. The predicted octanol–water partition coefficient (Wildman–Crippen LogP) is -1.84. The molecule has 0 rings (SSSR count). The summed E-state index contributed by atoms with van der Waals surface area (Å²) in [7, 11) is 0. The van der Waals surface area contributed by atoms with Crippen LogP contribution in [0.5, 0.6) is 0 Å². The maximum atomic E-state index is 0. The molecule has 0 saturated carbocycles. The Balaban J connectivity index is 0. The zero-order valence-corrected chi connectivity index (χ0v) is 8.65. The van der Waals surface area contributed by atoms with E-state index in [0.717, 1.165) is 0 Å². The van der Waals surface area contributed by atoms with Crippen molar-refractivity contribution >= 4 is 46.1 Å². The van der Waals surface area contributed by atoms with Gasteiger partial charge in [-0.3, -0.25) is 0 Å². The molecule has 0 spiro atoms. The van der Waals surface area contributed by atoms with Crippen molar-refractivity contribution in [2.75, 3.05) is 0 Å². The zero-order valence-electron chi connectivity index (χ0n) is 1.66. The summed E-state index contributed by atoms with van der Waals surface area (Å²) in [6.45, 7) is 0. The van der Waals surface area contributed by atoms with Gasteiger partial charge in [0.05, 0.1) is 0 Å². The van der Waals surface area contributed by atoms with Gasteiger partial charge in [0.1, 0.15) is 0 Å². The molecular weight excluding hydrogens is 258 g/mol. The second-order valence-electron chi connectivity index (χ2n) is 0. The summed E-state index contributed by atoms with van der Waals surface area (Å²) in [5.74, 6) is 0. The largest absolute Gasteiger partial charge is 0.316 e. The molecule has 0 unspecified atom stereocenters. The zero-order chi connectivity index (χ0) is 0. The van der Waals surface area contributed by atoms with Crippen molar-refractivity contribution in [1.82, 2.24) is 0 Å². The van der Waals surface area contributed by atoms with Crippen LogP contribution in [-0.4, -0.2) is 46.1 Å². The molecule has 0 aliphatic heterocycles. The van der Waals surface area contributed by atoms with Gasteiger partial charge in [-0.05, 0) is 0 Å². The quantitative estimate of drug-likeness (QED) is 0.450. The van der Waals surface area contributed by atoms with E-state index in [4.69, 9.17) is 0 Å². The molecular formula is H4Mg2MnYZn. The Labute approximate surface area is 113 Å². The van der Waals surface area contributed by atoms with Crippen molar-refractivity contribution in [1.29, 1.82) is 0 Å². The molecule has 0 heterocycles. The van der Waals surface area contributed by atoms with Crippen LogP contribution >= 0.6 is 0 Å². The SMILES string of the molecule is [MgH2].[MgH2].[Mn].[Y].[Zn]. The molecule has 0 amide bonds. The van der Waals surface area contributed by atoms with Gasteiger partial charge in [0.25, 0.3) is 0 Å². The van der Waals surface area contributed by atoms with Crippen LogP contribution in [-0.2, 0) is 69.3 Å². The average Bonchev–Trinajstić information content (AvgIpc) is 0. The molecule has 0 aliphatic carbocycles. The van der Waals surface area contributed by atoms with Crippen LogP contribution in [0.15, 0.2) is 0 Å². The topological polar surface area (TPSA) is 0 Å². The minimum atomic E-state index is 0. The first-order chi connectivity index (χ1) is 0. The Bertz CT molecular complexity index is 9.61. The molecule has 0 saturated heterocycles. The van der Waals surface area contributed by atoms with E-state index in [9.17, 15) is 0 Å². The maximum absolute atomic E-state index is 0. The van der Waals surface area contributed by atoms with Gasteiger partial charge in [-0.15, -0.1) is 0 Å². The molecule has 0 aromatic heterocycles. The van der Waals surface area contributed by atoms with Crippen molar-refractivity contribution in [3.8, 4) is 0 Å². The summed E-state index contributed by atoms with van der Waals surface area (Å²) in [5, 5.41) is 0. The van der Waals surface area contributed by atoms with Crippen molar-refractivity contribution in [3.05, 3.63) is 0 Å². The summed E-state index contributed by atoms with van der Waals surface area (Å²) in [6, 6.07) is 0. The first-order valence-electron chi connectivity index (χ1n) is 0. The second-order valence-corrected chi connectivity index (χ2v) is 0. The van der Waals surface area contributed by atoms with E-state index >= 15 is 0 Å². The van der Waals surface area contributed by atoms with E-state index in [1.54, 1.807) is 0 Å². The van der Waals surface area contributed by atoms with Crippen LogP contribution in [0.25, 0.3) is 0 Å². The molecule has 5 heteroatoms. The second kappa shape index (κ2) is 25.0. The molecule has 0 aliphatic rings. The molecule has 2 radical (unpaired) electrons. The molecule has 5 heavy (non-hydrogen) atoms. The monoisotopic (exact) mass is 260 g/mol. The van der Waals surface area contributed by atoms with Gasteiger partial charge in [-0.2, -0.15) is 0 Å². The summed E-state index contributed by atoms with van der Waals surface area (Å²) >= 11 is 0. The smallest absolute Gasteiger partial charge is 0 e. The fraction of sp³-hybridized carbons (Fsp3) is 0. The van der Waals surface area contributed by atoms with Gasteiger partial charge in [0.2, 0.25) is 0 Å². The van der Waals surface area contributed by atoms with Crippen LogP contribution in [0.4, 0.5) is 0 Å². The van der Waals surface area contributed by atoms with E-state index in [2.05, 4.69) is 0 Å². The third-order valence-corrected chi connectivity index (χ3v) is 0. The van der Waals surface area contributed by atoms with Crippen molar-refractivity contribution in [3.63, 3.8) is 0 Å². The molecule has 0 atom stereocenters.